The van der Waals surface area contributed by atoms with E-state index in [1.54, 1.807) is 25.3 Å². The highest BCUT2D eigenvalue weighted by molar-refractivity contribution is 5.99. The highest BCUT2D eigenvalue weighted by atomic mass is 16.5. The van der Waals surface area contributed by atoms with E-state index in [0.717, 1.165) is 22.4 Å². The second kappa shape index (κ2) is 9.01. The molecule has 0 unspecified atom stereocenters. The van der Waals surface area contributed by atoms with Crippen LogP contribution < -0.4 is 10.2 Å². The number of amides is 1. The van der Waals surface area contributed by atoms with Crippen LogP contribution in [0.4, 0.5) is 0 Å². The summed E-state index contributed by atoms with van der Waals surface area (Å²) >= 11 is 0. The number of hydrazone groups is 1. The number of benzene rings is 3. The minimum atomic E-state index is -0.271. The van der Waals surface area contributed by atoms with E-state index in [4.69, 9.17) is 4.74 Å². The molecule has 0 saturated heterocycles. The van der Waals surface area contributed by atoms with Crippen LogP contribution in [-0.2, 0) is 6.61 Å². The number of aromatic nitrogens is 1. The zero-order valence-corrected chi connectivity index (χ0v) is 16.6. The minimum Gasteiger partial charge on any atom is -0.489 e. The Labute approximate surface area is 175 Å². The van der Waals surface area contributed by atoms with Gasteiger partial charge in [0, 0.05) is 11.8 Å². The highest BCUT2D eigenvalue weighted by Gasteiger charge is 2.06. The Morgan fingerprint density at radius 3 is 2.47 bits per heavy atom. The molecular weight excluding hydrogens is 374 g/mol. The van der Waals surface area contributed by atoms with Crippen molar-refractivity contribution in [2.75, 3.05) is 0 Å². The molecule has 0 aliphatic rings. The van der Waals surface area contributed by atoms with Crippen LogP contribution in [0.1, 0.15) is 28.5 Å². The average Bonchev–Trinajstić information content (AvgIpc) is 2.81. The van der Waals surface area contributed by atoms with Crippen molar-refractivity contribution in [1.82, 2.24) is 10.4 Å². The monoisotopic (exact) mass is 395 g/mol. The van der Waals surface area contributed by atoms with E-state index < -0.39 is 0 Å². The molecule has 30 heavy (non-hydrogen) atoms. The maximum Gasteiger partial charge on any atom is 0.271 e. The summed E-state index contributed by atoms with van der Waals surface area (Å²) in [7, 11) is 0. The second-order valence-electron chi connectivity index (χ2n) is 6.85. The van der Waals surface area contributed by atoms with Crippen LogP contribution in [-0.4, -0.2) is 16.6 Å². The number of hydrogen-bond acceptors (Lipinski definition) is 4. The number of ether oxygens (including phenoxy) is 1. The third-order valence-electron chi connectivity index (χ3n) is 4.70. The van der Waals surface area contributed by atoms with E-state index in [2.05, 4.69) is 27.6 Å². The predicted octanol–water partition coefficient (Wildman–Crippen LogP) is 4.97. The number of fused-ring (bicyclic) bond motifs is 1. The van der Waals surface area contributed by atoms with Crippen molar-refractivity contribution in [3.05, 3.63) is 108 Å². The van der Waals surface area contributed by atoms with Crippen molar-refractivity contribution in [2.24, 2.45) is 5.10 Å². The molecule has 4 aromatic rings. The Morgan fingerprint density at radius 1 is 0.933 bits per heavy atom. The van der Waals surface area contributed by atoms with Crippen molar-refractivity contribution in [3.63, 3.8) is 0 Å². The smallest absolute Gasteiger partial charge is 0.271 e. The zero-order chi connectivity index (χ0) is 20.8. The molecule has 0 atom stereocenters. The first kappa shape index (κ1) is 19.3. The molecule has 4 rings (SSSR count). The molecule has 1 aromatic heterocycles. The molecule has 0 spiro atoms. The SMILES string of the molecule is C/C(=N\NC(=O)c1ccc(COc2ccc3ccccc3c2)cc1)c1ccccn1. The predicted molar refractivity (Wildman–Crippen MR) is 119 cm³/mol. The molecule has 1 heterocycles. The van der Waals surface area contributed by atoms with Crippen LogP contribution in [0.2, 0.25) is 0 Å². The van der Waals surface area contributed by atoms with Gasteiger partial charge in [0.15, 0.2) is 0 Å². The molecule has 3 aromatic carbocycles. The van der Waals surface area contributed by atoms with Crippen molar-refractivity contribution >= 4 is 22.4 Å². The Hall–Kier alpha value is -3.99. The van der Waals surface area contributed by atoms with E-state index in [1.807, 2.05) is 60.7 Å². The van der Waals surface area contributed by atoms with E-state index in [9.17, 15) is 4.79 Å². The fourth-order valence-corrected chi connectivity index (χ4v) is 3.01. The van der Waals surface area contributed by atoms with Gasteiger partial charge < -0.3 is 4.74 Å². The van der Waals surface area contributed by atoms with Crippen LogP contribution in [0.3, 0.4) is 0 Å². The first-order valence-corrected chi connectivity index (χ1v) is 9.65. The third-order valence-corrected chi connectivity index (χ3v) is 4.70. The minimum absolute atomic E-state index is 0.271. The maximum absolute atomic E-state index is 12.3. The molecule has 0 saturated carbocycles. The lowest BCUT2D eigenvalue weighted by Gasteiger charge is -2.08. The van der Waals surface area contributed by atoms with Crippen LogP contribution in [0.15, 0.2) is 96.2 Å². The third kappa shape index (κ3) is 4.70. The van der Waals surface area contributed by atoms with Gasteiger partial charge in [0.1, 0.15) is 12.4 Å². The molecule has 1 N–H and O–H groups in total. The van der Waals surface area contributed by atoms with Crippen LogP contribution >= 0.6 is 0 Å². The Bertz CT molecular complexity index is 1190. The summed E-state index contributed by atoms with van der Waals surface area (Å²) in [5.74, 6) is 0.544. The van der Waals surface area contributed by atoms with Gasteiger partial charge in [-0.15, -0.1) is 0 Å². The Kier molecular flexibility index (Phi) is 5.80. The summed E-state index contributed by atoms with van der Waals surface area (Å²) < 4.78 is 5.90. The van der Waals surface area contributed by atoms with Gasteiger partial charge in [0.05, 0.1) is 11.4 Å². The summed E-state index contributed by atoms with van der Waals surface area (Å²) in [5.41, 5.74) is 5.44. The Balaban J connectivity index is 1.35. The number of carbonyl (C=O) groups is 1. The molecule has 148 valence electrons. The largest absolute Gasteiger partial charge is 0.489 e. The van der Waals surface area contributed by atoms with Gasteiger partial charge in [-0.3, -0.25) is 9.78 Å². The number of nitrogens with one attached hydrogen (secondary N) is 1. The summed E-state index contributed by atoms with van der Waals surface area (Å²) in [4.78, 5) is 16.5. The lowest BCUT2D eigenvalue weighted by Crippen LogP contribution is -2.19. The van der Waals surface area contributed by atoms with Crippen LogP contribution in [0, 0.1) is 0 Å². The summed E-state index contributed by atoms with van der Waals surface area (Å²) in [6, 6.07) is 27.0. The quantitative estimate of drug-likeness (QED) is 0.370. The number of pyridine rings is 1. The topological polar surface area (TPSA) is 63.6 Å². The second-order valence-corrected chi connectivity index (χ2v) is 6.85. The van der Waals surface area contributed by atoms with Gasteiger partial charge in [0.25, 0.3) is 5.91 Å². The number of rotatable bonds is 6. The van der Waals surface area contributed by atoms with E-state index >= 15 is 0 Å². The molecule has 1 amide bonds. The van der Waals surface area contributed by atoms with Crippen LogP contribution in [0.5, 0.6) is 5.75 Å². The zero-order valence-electron chi connectivity index (χ0n) is 16.6. The summed E-state index contributed by atoms with van der Waals surface area (Å²) in [6.07, 6.45) is 1.69. The van der Waals surface area contributed by atoms with Crippen molar-refractivity contribution in [1.29, 1.82) is 0 Å². The fraction of sp³-hybridized carbons (Fsp3) is 0.0800. The van der Waals surface area contributed by atoms with Gasteiger partial charge in [-0.2, -0.15) is 5.10 Å². The van der Waals surface area contributed by atoms with Crippen LogP contribution in [0.25, 0.3) is 10.8 Å². The van der Waals surface area contributed by atoms with Gasteiger partial charge in [0.2, 0.25) is 0 Å². The van der Waals surface area contributed by atoms with Gasteiger partial charge in [-0.05, 0) is 59.7 Å². The number of nitrogens with zero attached hydrogens (tertiary/aromatic N) is 2. The van der Waals surface area contributed by atoms with E-state index in [0.29, 0.717) is 17.9 Å². The average molecular weight is 395 g/mol. The van der Waals surface area contributed by atoms with E-state index in [1.165, 1.54) is 5.39 Å². The lowest BCUT2D eigenvalue weighted by atomic mass is 10.1. The lowest BCUT2D eigenvalue weighted by molar-refractivity contribution is 0.0955. The first-order chi connectivity index (χ1) is 14.7. The summed E-state index contributed by atoms with van der Waals surface area (Å²) in [6.45, 7) is 2.23. The molecule has 5 heteroatoms. The number of carbonyl (C=O) groups excluding carboxylic acids is 1. The Morgan fingerprint density at radius 2 is 1.70 bits per heavy atom. The molecule has 5 nitrogen and oxygen atoms in total. The van der Waals surface area contributed by atoms with Crippen molar-refractivity contribution in [2.45, 2.75) is 13.5 Å². The van der Waals surface area contributed by atoms with Gasteiger partial charge >= 0.3 is 0 Å². The highest BCUT2D eigenvalue weighted by Crippen LogP contribution is 2.21. The summed E-state index contributed by atoms with van der Waals surface area (Å²) in [5, 5.41) is 6.45. The standard InChI is InChI=1S/C25H21N3O2/c1-18(24-8-4-5-15-26-24)27-28-25(29)21-11-9-19(10-12-21)17-30-23-14-13-20-6-2-3-7-22(20)16-23/h2-16H,17H2,1H3,(H,28,29)/b27-18+. The maximum atomic E-state index is 12.3. The molecule has 0 aliphatic heterocycles. The molecule has 0 bridgehead atoms. The number of hydrogen-bond donors (Lipinski definition) is 1. The van der Waals surface area contributed by atoms with Crippen molar-refractivity contribution in [3.8, 4) is 5.75 Å². The van der Waals surface area contributed by atoms with Crippen molar-refractivity contribution < 1.29 is 9.53 Å². The normalized spacial score (nSPS) is 11.3. The molecular formula is C25H21N3O2. The molecule has 0 radical (unpaired) electrons. The molecule has 0 aliphatic carbocycles. The fourth-order valence-electron chi connectivity index (χ4n) is 3.01. The van der Waals surface area contributed by atoms with E-state index in [-0.39, 0.29) is 5.91 Å². The van der Waals surface area contributed by atoms with Gasteiger partial charge in [-0.25, -0.2) is 5.43 Å². The van der Waals surface area contributed by atoms with Gasteiger partial charge in [-0.1, -0.05) is 48.5 Å². The first-order valence-electron chi connectivity index (χ1n) is 9.65. The molecule has 0 fully saturated rings.